The molecule has 0 radical (unpaired) electrons. The van der Waals surface area contributed by atoms with Crippen molar-refractivity contribution in [1.82, 2.24) is 8.87 Å². The third-order valence-corrected chi connectivity index (χ3v) is 7.59. The van der Waals surface area contributed by atoms with E-state index in [2.05, 4.69) is 0 Å². The lowest BCUT2D eigenvalue weighted by atomic mass is 10.2. The van der Waals surface area contributed by atoms with Crippen molar-refractivity contribution >= 4 is 43.2 Å². The summed E-state index contributed by atoms with van der Waals surface area (Å²) in [6, 6.07) is 12.2. The molecule has 1 aliphatic heterocycles. The highest BCUT2D eigenvalue weighted by molar-refractivity contribution is 7.89. The fourth-order valence-corrected chi connectivity index (χ4v) is 5.63. The van der Waals surface area contributed by atoms with Crippen molar-refractivity contribution < 1.29 is 13.2 Å². The Kier molecular flexibility index (Phi) is 5.09. The van der Waals surface area contributed by atoms with E-state index in [1.54, 1.807) is 34.9 Å². The van der Waals surface area contributed by atoms with Crippen LogP contribution in [0.1, 0.15) is 5.56 Å². The fourth-order valence-electron chi connectivity index (χ4n) is 3.07. The van der Waals surface area contributed by atoms with Crippen molar-refractivity contribution in [3.05, 3.63) is 62.7 Å². The molecule has 27 heavy (non-hydrogen) atoms. The summed E-state index contributed by atoms with van der Waals surface area (Å²) >= 11 is 6.96. The van der Waals surface area contributed by atoms with Crippen LogP contribution in [0.2, 0.25) is 5.02 Å². The van der Waals surface area contributed by atoms with Gasteiger partial charge in [0.25, 0.3) is 0 Å². The number of aromatic nitrogens is 1. The lowest BCUT2D eigenvalue weighted by Gasteiger charge is -2.26. The summed E-state index contributed by atoms with van der Waals surface area (Å²) in [6.45, 7) is 1.88. The molecule has 1 aliphatic rings. The minimum Gasteiger partial charge on any atom is -0.379 e. The van der Waals surface area contributed by atoms with Crippen LogP contribution in [0.3, 0.4) is 0 Å². The highest BCUT2D eigenvalue weighted by Crippen LogP contribution is 2.25. The highest BCUT2D eigenvalue weighted by Gasteiger charge is 2.27. The summed E-state index contributed by atoms with van der Waals surface area (Å²) in [5.74, 6) is 0. The Morgan fingerprint density at radius 1 is 1.07 bits per heavy atom. The van der Waals surface area contributed by atoms with Gasteiger partial charge in [0.2, 0.25) is 10.0 Å². The lowest BCUT2D eigenvalue weighted by Crippen LogP contribution is -2.40. The summed E-state index contributed by atoms with van der Waals surface area (Å²) in [6.07, 6.45) is 0. The van der Waals surface area contributed by atoms with Gasteiger partial charge in [-0.25, -0.2) is 8.42 Å². The van der Waals surface area contributed by atoms with E-state index in [0.29, 0.717) is 42.6 Å². The van der Waals surface area contributed by atoms with Crippen molar-refractivity contribution in [2.24, 2.45) is 0 Å². The molecule has 0 amide bonds. The van der Waals surface area contributed by atoms with Crippen molar-refractivity contribution in [3.8, 4) is 0 Å². The van der Waals surface area contributed by atoms with Gasteiger partial charge in [0, 0.05) is 18.1 Å². The first-order valence-electron chi connectivity index (χ1n) is 8.41. The molecule has 1 aromatic heterocycles. The maximum absolute atomic E-state index is 12.8. The quantitative estimate of drug-likeness (QED) is 0.645. The number of fused-ring (bicyclic) bond motifs is 1. The van der Waals surface area contributed by atoms with Gasteiger partial charge in [0.15, 0.2) is 0 Å². The largest absolute Gasteiger partial charge is 0.379 e. The van der Waals surface area contributed by atoms with Gasteiger partial charge in [-0.2, -0.15) is 4.31 Å². The topological polar surface area (TPSA) is 68.6 Å². The van der Waals surface area contributed by atoms with Gasteiger partial charge in [-0.3, -0.25) is 9.36 Å². The Morgan fingerprint density at radius 3 is 2.48 bits per heavy atom. The van der Waals surface area contributed by atoms with Gasteiger partial charge in [-0.1, -0.05) is 35.1 Å². The van der Waals surface area contributed by atoms with Gasteiger partial charge in [-0.15, -0.1) is 0 Å². The molecule has 0 spiro atoms. The van der Waals surface area contributed by atoms with Gasteiger partial charge in [0.05, 0.1) is 34.9 Å². The second-order valence-electron chi connectivity index (χ2n) is 6.23. The van der Waals surface area contributed by atoms with E-state index in [1.165, 1.54) is 4.31 Å². The molecule has 4 rings (SSSR count). The molecular weight excluding hydrogens is 408 g/mol. The molecule has 1 saturated heterocycles. The van der Waals surface area contributed by atoms with Crippen molar-refractivity contribution in [3.63, 3.8) is 0 Å². The maximum atomic E-state index is 12.8. The van der Waals surface area contributed by atoms with Crippen molar-refractivity contribution in [2.45, 2.75) is 11.4 Å². The molecule has 0 bridgehead atoms. The molecule has 142 valence electrons. The van der Waals surface area contributed by atoms with Crippen LogP contribution < -0.4 is 4.87 Å². The van der Waals surface area contributed by atoms with Crippen LogP contribution in [0.25, 0.3) is 10.2 Å². The molecule has 3 aromatic rings. The zero-order valence-electron chi connectivity index (χ0n) is 14.3. The number of rotatable bonds is 4. The van der Waals surface area contributed by atoms with Gasteiger partial charge in [0.1, 0.15) is 0 Å². The van der Waals surface area contributed by atoms with Gasteiger partial charge < -0.3 is 4.74 Å². The van der Waals surface area contributed by atoms with E-state index in [4.69, 9.17) is 16.3 Å². The third kappa shape index (κ3) is 3.68. The Hall–Kier alpha value is -1.71. The first kappa shape index (κ1) is 18.6. The van der Waals surface area contributed by atoms with Crippen molar-refractivity contribution in [2.75, 3.05) is 26.3 Å². The number of ether oxygens (including phenoxy) is 1. The number of sulfonamides is 1. The number of hydrogen-bond donors (Lipinski definition) is 0. The van der Waals surface area contributed by atoms with Crippen LogP contribution >= 0.6 is 22.9 Å². The number of hydrogen-bond acceptors (Lipinski definition) is 5. The maximum Gasteiger partial charge on any atom is 0.308 e. The molecule has 0 atom stereocenters. The first-order chi connectivity index (χ1) is 12.9. The molecule has 6 nitrogen and oxygen atoms in total. The van der Waals surface area contributed by atoms with Crippen LogP contribution in [0.4, 0.5) is 0 Å². The fraction of sp³-hybridized carbons (Fsp3) is 0.278. The number of halogens is 1. The van der Waals surface area contributed by atoms with E-state index < -0.39 is 10.0 Å². The molecule has 2 aromatic carbocycles. The summed E-state index contributed by atoms with van der Waals surface area (Å²) in [4.78, 5) is 12.5. The number of thiazole rings is 1. The lowest BCUT2D eigenvalue weighted by molar-refractivity contribution is 0.0730. The predicted molar refractivity (Wildman–Crippen MR) is 106 cm³/mol. The molecule has 0 N–H and O–H groups in total. The Bertz CT molecular complexity index is 1130. The van der Waals surface area contributed by atoms with Crippen LogP contribution in [-0.2, 0) is 21.3 Å². The SMILES string of the molecule is O=c1sc2cc(S(=O)(=O)N3CCOCC3)ccc2n1Cc1ccc(Cl)cc1. The van der Waals surface area contributed by atoms with E-state index >= 15 is 0 Å². The van der Waals surface area contributed by atoms with Crippen LogP contribution in [0.5, 0.6) is 0 Å². The predicted octanol–water partition coefficient (Wildman–Crippen LogP) is 2.79. The third-order valence-electron chi connectivity index (χ3n) is 4.50. The molecule has 0 unspecified atom stereocenters. The summed E-state index contributed by atoms with van der Waals surface area (Å²) in [5, 5.41) is 0.638. The molecule has 1 fully saturated rings. The van der Waals surface area contributed by atoms with E-state index in [1.807, 2.05) is 12.1 Å². The summed E-state index contributed by atoms with van der Waals surface area (Å²) in [7, 11) is -3.59. The average Bonchev–Trinajstić information content (AvgIpc) is 2.99. The summed E-state index contributed by atoms with van der Waals surface area (Å²) < 4.78 is 34.6. The number of morpholine rings is 1. The normalized spacial score (nSPS) is 16.0. The van der Waals surface area contributed by atoms with Crippen LogP contribution in [0, 0.1) is 0 Å². The van der Waals surface area contributed by atoms with Crippen LogP contribution in [0.15, 0.2) is 52.2 Å². The second kappa shape index (κ2) is 7.37. The molecule has 0 saturated carbocycles. The first-order valence-corrected chi connectivity index (χ1v) is 11.0. The second-order valence-corrected chi connectivity index (χ2v) is 9.59. The Balaban J connectivity index is 1.70. The van der Waals surface area contributed by atoms with E-state index in [0.717, 1.165) is 22.4 Å². The Labute approximate surface area is 165 Å². The van der Waals surface area contributed by atoms with Crippen molar-refractivity contribution in [1.29, 1.82) is 0 Å². The van der Waals surface area contributed by atoms with Crippen LogP contribution in [-0.4, -0.2) is 43.6 Å². The molecule has 0 aliphatic carbocycles. The number of nitrogens with zero attached hydrogens (tertiary/aromatic N) is 2. The average molecular weight is 425 g/mol. The molecule has 9 heteroatoms. The van der Waals surface area contributed by atoms with Gasteiger partial charge >= 0.3 is 4.87 Å². The zero-order valence-corrected chi connectivity index (χ0v) is 16.7. The smallest absolute Gasteiger partial charge is 0.308 e. The highest BCUT2D eigenvalue weighted by atomic mass is 35.5. The zero-order chi connectivity index (χ0) is 19.0. The molecule has 2 heterocycles. The number of benzene rings is 2. The van der Waals surface area contributed by atoms with E-state index in [9.17, 15) is 13.2 Å². The van der Waals surface area contributed by atoms with Gasteiger partial charge in [-0.05, 0) is 35.9 Å². The Morgan fingerprint density at radius 2 is 1.78 bits per heavy atom. The minimum atomic E-state index is -3.59. The molecular formula is C18H17ClN2O4S2. The minimum absolute atomic E-state index is 0.124. The monoisotopic (exact) mass is 424 g/mol. The van der Waals surface area contributed by atoms with E-state index in [-0.39, 0.29) is 9.77 Å². The summed E-state index contributed by atoms with van der Waals surface area (Å²) in [5.41, 5.74) is 1.67. The standard InChI is InChI=1S/C18H17ClN2O4S2/c19-14-3-1-13(2-4-14)12-21-16-6-5-15(11-17(16)26-18(21)22)27(23,24)20-7-9-25-10-8-20/h1-6,11H,7-10,12H2.